The molecule has 0 spiro atoms. The van der Waals surface area contributed by atoms with E-state index in [-0.39, 0.29) is 18.5 Å². The molecule has 0 aliphatic rings. The van der Waals surface area contributed by atoms with Crippen LogP contribution in [-0.2, 0) is 11.3 Å². The molecule has 0 aromatic heterocycles. The van der Waals surface area contributed by atoms with Gasteiger partial charge in [-0.25, -0.2) is 4.39 Å². The molecule has 0 heterocycles. The highest BCUT2D eigenvalue weighted by Crippen LogP contribution is 2.12. The second-order valence-corrected chi connectivity index (χ2v) is 3.67. The minimum absolute atomic E-state index is 0.139. The Labute approximate surface area is 95.6 Å². The lowest BCUT2D eigenvalue weighted by molar-refractivity contribution is 0.0655. The fourth-order valence-electron chi connectivity index (χ4n) is 1.19. The van der Waals surface area contributed by atoms with E-state index in [0.29, 0.717) is 12.2 Å². The summed E-state index contributed by atoms with van der Waals surface area (Å²) in [6, 6.07) is 4.51. The summed E-state index contributed by atoms with van der Waals surface area (Å²) in [5.74, 6) is 5.26. The lowest BCUT2D eigenvalue weighted by atomic mass is 10.1. The Kier molecular flexibility index (Phi) is 4.97. The van der Waals surface area contributed by atoms with Gasteiger partial charge in [-0.05, 0) is 31.5 Å². The smallest absolute Gasteiger partial charge is 0.124 e. The van der Waals surface area contributed by atoms with E-state index < -0.39 is 0 Å². The highest BCUT2D eigenvalue weighted by molar-refractivity contribution is 5.41. The number of benzene rings is 1. The van der Waals surface area contributed by atoms with Gasteiger partial charge in [0, 0.05) is 5.56 Å². The third-order valence-corrected chi connectivity index (χ3v) is 1.97. The first kappa shape index (κ1) is 12.7. The molecule has 2 N–H and O–H groups in total. The van der Waals surface area contributed by atoms with Crippen molar-refractivity contribution in [2.45, 2.75) is 26.6 Å². The number of ether oxygens (including phenoxy) is 1. The van der Waals surface area contributed by atoms with Gasteiger partial charge in [-0.2, -0.15) is 0 Å². The van der Waals surface area contributed by atoms with E-state index in [2.05, 4.69) is 11.8 Å². The highest BCUT2D eigenvalue weighted by Gasteiger charge is 2.03. The summed E-state index contributed by atoms with van der Waals surface area (Å²) in [6.07, 6.45) is 0.139. The van der Waals surface area contributed by atoms with Crippen molar-refractivity contribution in [3.05, 3.63) is 35.1 Å². The molecule has 86 valence electrons. The Morgan fingerprint density at radius 1 is 1.44 bits per heavy atom. The number of hydrogen-bond acceptors (Lipinski definition) is 2. The quantitative estimate of drug-likeness (QED) is 0.793. The summed E-state index contributed by atoms with van der Waals surface area (Å²) in [4.78, 5) is 0. The molecular formula is C13H16FNO. The van der Waals surface area contributed by atoms with Crippen molar-refractivity contribution < 1.29 is 9.13 Å². The van der Waals surface area contributed by atoms with Crippen molar-refractivity contribution in [2.24, 2.45) is 5.73 Å². The van der Waals surface area contributed by atoms with Crippen LogP contribution < -0.4 is 5.73 Å². The van der Waals surface area contributed by atoms with Crippen LogP contribution in [0.5, 0.6) is 0 Å². The van der Waals surface area contributed by atoms with Gasteiger partial charge in [-0.3, -0.25) is 0 Å². The lowest BCUT2D eigenvalue weighted by Crippen LogP contribution is -2.04. The third kappa shape index (κ3) is 4.01. The van der Waals surface area contributed by atoms with Gasteiger partial charge in [-0.1, -0.05) is 17.9 Å². The summed E-state index contributed by atoms with van der Waals surface area (Å²) in [6.45, 7) is 4.61. The molecule has 2 nitrogen and oxygen atoms in total. The lowest BCUT2D eigenvalue weighted by Gasteiger charge is -2.09. The Bertz CT molecular complexity index is 404. The highest BCUT2D eigenvalue weighted by atomic mass is 19.1. The second-order valence-electron chi connectivity index (χ2n) is 3.67. The SMILES string of the molecule is CC(C)OCc1ccc(F)cc1C#CCN. The number of hydrogen-bond donors (Lipinski definition) is 1. The van der Waals surface area contributed by atoms with Gasteiger partial charge in [0.05, 0.1) is 19.3 Å². The van der Waals surface area contributed by atoms with Crippen molar-refractivity contribution in [3.8, 4) is 11.8 Å². The standard InChI is InChI=1S/C13H16FNO/c1-10(2)16-9-12-5-6-13(14)8-11(12)4-3-7-15/h5-6,8,10H,7,9,15H2,1-2H3. The van der Waals surface area contributed by atoms with Crippen LogP contribution in [0.3, 0.4) is 0 Å². The molecule has 0 saturated carbocycles. The van der Waals surface area contributed by atoms with Crippen LogP contribution in [-0.4, -0.2) is 12.6 Å². The zero-order valence-corrected chi connectivity index (χ0v) is 9.59. The van der Waals surface area contributed by atoms with E-state index in [1.165, 1.54) is 12.1 Å². The largest absolute Gasteiger partial charge is 0.374 e. The van der Waals surface area contributed by atoms with E-state index in [0.717, 1.165) is 5.56 Å². The minimum Gasteiger partial charge on any atom is -0.374 e. The van der Waals surface area contributed by atoms with Crippen LogP contribution in [0.2, 0.25) is 0 Å². The van der Waals surface area contributed by atoms with Crippen molar-refractivity contribution in [1.29, 1.82) is 0 Å². The summed E-state index contributed by atoms with van der Waals surface area (Å²) < 4.78 is 18.5. The van der Waals surface area contributed by atoms with Gasteiger partial charge in [0.25, 0.3) is 0 Å². The van der Waals surface area contributed by atoms with Gasteiger partial charge in [0.15, 0.2) is 0 Å². The van der Waals surface area contributed by atoms with E-state index in [4.69, 9.17) is 10.5 Å². The molecule has 0 atom stereocenters. The van der Waals surface area contributed by atoms with Crippen LogP contribution in [0.4, 0.5) is 4.39 Å². The van der Waals surface area contributed by atoms with E-state index in [1.807, 2.05) is 13.8 Å². The van der Waals surface area contributed by atoms with Crippen LogP contribution >= 0.6 is 0 Å². The van der Waals surface area contributed by atoms with Crippen molar-refractivity contribution in [3.63, 3.8) is 0 Å². The first-order valence-corrected chi connectivity index (χ1v) is 5.22. The molecule has 0 amide bonds. The topological polar surface area (TPSA) is 35.2 Å². The Hall–Kier alpha value is -1.37. The molecule has 0 bridgehead atoms. The molecular weight excluding hydrogens is 205 g/mol. The van der Waals surface area contributed by atoms with Crippen LogP contribution in [0.25, 0.3) is 0 Å². The summed E-state index contributed by atoms with van der Waals surface area (Å²) >= 11 is 0. The van der Waals surface area contributed by atoms with Gasteiger partial charge < -0.3 is 10.5 Å². The Balaban J connectivity index is 2.89. The molecule has 16 heavy (non-hydrogen) atoms. The van der Waals surface area contributed by atoms with Gasteiger partial charge in [0.2, 0.25) is 0 Å². The maximum Gasteiger partial charge on any atom is 0.124 e. The second kappa shape index (κ2) is 6.26. The van der Waals surface area contributed by atoms with Crippen LogP contribution in [0.15, 0.2) is 18.2 Å². The van der Waals surface area contributed by atoms with Crippen LogP contribution in [0.1, 0.15) is 25.0 Å². The Morgan fingerprint density at radius 2 is 2.19 bits per heavy atom. The summed E-state index contributed by atoms with van der Waals surface area (Å²) in [7, 11) is 0. The van der Waals surface area contributed by atoms with Crippen LogP contribution in [0, 0.1) is 17.7 Å². The number of halogens is 1. The molecule has 0 fully saturated rings. The maximum absolute atomic E-state index is 13.0. The number of rotatable bonds is 3. The molecule has 0 radical (unpaired) electrons. The third-order valence-electron chi connectivity index (χ3n) is 1.97. The molecule has 1 aromatic rings. The molecule has 0 aliphatic heterocycles. The molecule has 1 rings (SSSR count). The fraction of sp³-hybridized carbons (Fsp3) is 0.385. The van der Waals surface area contributed by atoms with E-state index in [9.17, 15) is 4.39 Å². The molecule has 0 saturated heterocycles. The molecule has 1 aromatic carbocycles. The predicted octanol–water partition coefficient (Wildman–Crippen LogP) is 2.06. The zero-order valence-electron chi connectivity index (χ0n) is 9.59. The monoisotopic (exact) mass is 221 g/mol. The maximum atomic E-state index is 13.0. The normalized spacial score (nSPS) is 10.1. The first-order chi connectivity index (χ1) is 7.63. The molecule has 3 heteroatoms. The number of nitrogens with two attached hydrogens (primary N) is 1. The van der Waals surface area contributed by atoms with Gasteiger partial charge in [-0.15, -0.1) is 0 Å². The zero-order chi connectivity index (χ0) is 12.0. The van der Waals surface area contributed by atoms with Crippen molar-refractivity contribution in [2.75, 3.05) is 6.54 Å². The van der Waals surface area contributed by atoms with E-state index >= 15 is 0 Å². The Morgan fingerprint density at radius 3 is 2.81 bits per heavy atom. The molecule has 0 unspecified atom stereocenters. The van der Waals surface area contributed by atoms with E-state index in [1.54, 1.807) is 6.07 Å². The summed E-state index contributed by atoms with van der Waals surface area (Å²) in [5.41, 5.74) is 6.82. The fourth-order valence-corrected chi connectivity index (χ4v) is 1.19. The average Bonchev–Trinajstić information content (AvgIpc) is 2.24. The summed E-state index contributed by atoms with van der Waals surface area (Å²) in [5, 5.41) is 0. The van der Waals surface area contributed by atoms with Gasteiger partial charge in [0.1, 0.15) is 5.82 Å². The molecule has 0 aliphatic carbocycles. The van der Waals surface area contributed by atoms with Crippen molar-refractivity contribution in [1.82, 2.24) is 0 Å². The first-order valence-electron chi connectivity index (χ1n) is 5.22. The average molecular weight is 221 g/mol. The van der Waals surface area contributed by atoms with Gasteiger partial charge >= 0.3 is 0 Å². The van der Waals surface area contributed by atoms with Crippen molar-refractivity contribution >= 4 is 0 Å². The minimum atomic E-state index is -0.297. The predicted molar refractivity (Wildman–Crippen MR) is 62.3 cm³/mol.